The zero-order valence-corrected chi connectivity index (χ0v) is 17.9. The molecule has 2 aromatic heterocycles. The topological polar surface area (TPSA) is 103 Å². The van der Waals surface area contributed by atoms with Gasteiger partial charge in [0.1, 0.15) is 18.1 Å². The first-order chi connectivity index (χ1) is 15.5. The maximum atomic E-state index is 13.0. The second-order valence-corrected chi connectivity index (χ2v) is 7.71. The summed E-state index contributed by atoms with van der Waals surface area (Å²) in [6, 6.07) is 12.3. The van der Waals surface area contributed by atoms with E-state index < -0.39 is 0 Å². The Kier molecular flexibility index (Phi) is 5.10. The third-order valence-electron chi connectivity index (χ3n) is 5.22. The molecule has 0 bridgehead atoms. The van der Waals surface area contributed by atoms with Crippen LogP contribution in [-0.2, 0) is 24.3 Å². The molecule has 0 radical (unpaired) electrons. The normalized spacial score (nSPS) is 13.3. The first kappa shape index (κ1) is 20.2. The summed E-state index contributed by atoms with van der Waals surface area (Å²) in [5, 5.41) is 5.01. The quantitative estimate of drug-likeness (QED) is 0.459. The fourth-order valence-electron chi connectivity index (χ4n) is 3.69. The molecule has 162 valence electrons. The first-order valence-corrected chi connectivity index (χ1v) is 10.4. The number of hydrogen-bond acceptors (Lipinski definition) is 7. The summed E-state index contributed by atoms with van der Waals surface area (Å²) in [6.45, 7) is 2.02. The molecular formula is C22H18ClN5O4. The lowest BCUT2D eigenvalue weighted by Gasteiger charge is -2.28. The van der Waals surface area contributed by atoms with Crippen LogP contribution >= 0.6 is 11.6 Å². The molecule has 0 unspecified atom stereocenters. The van der Waals surface area contributed by atoms with Gasteiger partial charge < -0.3 is 9.26 Å². The summed E-state index contributed by atoms with van der Waals surface area (Å²) in [7, 11) is 0. The van der Waals surface area contributed by atoms with Gasteiger partial charge in [0.05, 0.1) is 23.1 Å². The van der Waals surface area contributed by atoms with E-state index in [1.807, 2.05) is 19.1 Å². The van der Waals surface area contributed by atoms with Gasteiger partial charge in [0.25, 0.3) is 11.5 Å². The zero-order chi connectivity index (χ0) is 22.2. The van der Waals surface area contributed by atoms with Crippen molar-refractivity contribution in [2.75, 3.05) is 11.5 Å². The zero-order valence-electron chi connectivity index (χ0n) is 17.1. The number of rotatable bonds is 5. The number of hydrogen-bond donors (Lipinski definition) is 0. The summed E-state index contributed by atoms with van der Waals surface area (Å²) < 4.78 is 12.4. The first-order valence-electron chi connectivity index (χ1n) is 10.1. The fourth-order valence-corrected chi connectivity index (χ4v) is 3.86. The number of carbonyl (C=O) groups is 1. The van der Waals surface area contributed by atoms with Gasteiger partial charge in [-0.1, -0.05) is 35.8 Å². The van der Waals surface area contributed by atoms with Crippen molar-refractivity contribution in [3.8, 4) is 5.75 Å². The van der Waals surface area contributed by atoms with Crippen LogP contribution in [0.1, 0.15) is 24.5 Å². The van der Waals surface area contributed by atoms with Gasteiger partial charge in [0.2, 0.25) is 5.89 Å². The van der Waals surface area contributed by atoms with Crippen LogP contribution in [0.25, 0.3) is 10.9 Å². The van der Waals surface area contributed by atoms with E-state index in [9.17, 15) is 9.59 Å². The molecule has 9 nitrogen and oxygen atoms in total. The van der Waals surface area contributed by atoms with Gasteiger partial charge in [0, 0.05) is 11.4 Å². The van der Waals surface area contributed by atoms with Crippen LogP contribution in [-0.4, -0.2) is 32.2 Å². The molecule has 32 heavy (non-hydrogen) atoms. The number of amides is 1. The van der Waals surface area contributed by atoms with Crippen molar-refractivity contribution in [3.05, 3.63) is 75.4 Å². The number of carbonyl (C=O) groups excluding carboxylic acids is 1. The molecule has 1 aliphatic rings. The van der Waals surface area contributed by atoms with Gasteiger partial charge in [-0.3, -0.25) is 19.1 Å². The maximum Gasteiger partial charge on any atom is 0.265 e. The van der Waals surface area contributed by atoms with Crippen molar-refractivity contribution in [2.45, 2.75) is 26.4 Å². The number of aromatic nitrogens is 4. The molecule has 2 aromatic carbocycles. The van der Waals surface area contributed by atoms with Gasteiger partial charge in [0.15, 0.2) is 12.4 Å². The predicted octanol–water partition coefficient (Wildman–Crippen LogP) is 2.97. The number of aryl methyl sites for hydroxylation is 1. The van der Waals surface area contributed by atoms with Crippen LogP contribution in [0.4, 0.5) is 5.69 Å². The van der Waals surface area contributed by atoms with E-state index in [1.54, 1.807) is 34.9 Å². The van der Waals surface area contributed by atoms with E-state index in [1.165, 1.54) is 4.90 Å². The largest absolute Gasteiger partial charge is 0.482 e. The lowest BCUT2D eigenvalue weighted by molar-refractivity contribution is -0.121. The highest BCUT2D eigenvalue weighted by molar-refractivity contribution is 6.31. The molecule has 3 heterocycles. The molecule has 0 atom stereocenters. The van der Waals surface area contributed by atoms with Gasteiger partial charge in [-0.05, 0) is 30.3 Å². The summed E-state index contributed by atoms with van der Waals surface area (Å²) in [5.74, 6) is 1.49. The third-order valence-corrected chi connectivity index (χ3v) is 5.46. The molecule has 1 amide bonds. The Balaban J connectivity index is 1.44. The third kappa shape index (κ3) is 3.60. The summed E-state index contributed by atoms with van der Waals surface area (Å²) in [6.07, 6.45) is 0.574. The van der Waals surface area contributed by atoms with Crippen LogP contribution in [0, 0.1) is 0 Å². The standard InChI is InChI=1S/C22H18ClN5O4/c1-2-19-24-15-6-4-3-5-14(15)22(30)28(19)10-18-25-20(32-26-18)11-27-16-9-13(23)7-8-17(16)31-12-21(27)29/h3-9H,2,10-12H2,1H3. The average molecular weight is 452 g/mol. The number of ether oxygens (including phenoxy) is 1. The SMILES string of the molecule is CCc1nc2ccccc2c(=O)n1Cc1noc(CN2C(=O)COc3ccc(Cl)cc32)n1. The van der Waals surface area contributed by atoms with Gasteiger partial charge in [-0.25, -0.2) is 4.98 Å². The van der Waals surface area contributed by atoms with Crippen molar-refractivity contribution in [3.63, 3.8) is 0 Å². The second-order valence-electron chi connectivity index (χ2n) is 7.27. The predicted molar refractivity (Wildman–Crippen MR) is 117 cm³/mol. The van der Waals surface area contributed by atoms with Crippen molar-refractivity contribution < 1.29 is 14.1 Å². The van der Waals surface area contributed by atoms with Crippen molar-refractivity contribution >= 4 is 34.1 Å². The van der Waals surface area contributed by atoms with Gasteiger partial charge in [-0.2, -0.15) is 4.98 Å². The fraction of sp³-hybridized carbons (Fsp3) is 0.227. The smallest absolute Gasteiger partial charge is 0.265 e. The van der Waals surface area contributed by atoms with E-state index in [0.717, 1.165) is 0 Å². The molecule has 10 heteroatoms. The summed E-state index contributed by atoms with van der Waals surface area (Å²) in [4.78, 5) is 35.9. The Labute approximate surface area is 187 Å². The Morgan fingerprint density at radius 1 is 1.09 bits per heavy atom. The van der Waals surface area contributed by atoms with Crippen LogP contribution < -0.4 is 15.2 Å². The molecule has 0 saturated carbocycles. The highest BCUT2D eigenvalue weighted by atomic mass is 35.5. The van der Waals surface area contributed by atoms with Crippen LogP contribution in [0.3, 0.4) is 0 Å². The number of benzene rings is 2. The van der Waals surface area contributed by atoms with E-state index >= 15 is 0 Å². The molecule has 0 saturated heterocycles. The number of halogens is 1. The average Bonchev–Trinajstić information content (AvgIpc) is 3.24. The number of nitrogens with zero attached hydrogens (tertiary/aromatic N) is 5. The van der Waals surface area contributed by atoms with Crippen molar-refractivity contribution in [1.29, 1.82) is 0 Å². The van der Waals surface area contributed by atoms with Crippen LogP contribution in [0.5, 0.6) is 5.75 Å². The molecule has 0 aliphatic carbocycles. The van der Waals surface area contributed by atoms with E-state index in [2.05, 4.69) is 15.1 Å². The molecule has 0 fully saturated rings. The van der Waals surface area contributed by atoms with E-state index in [0.29, 0.717) is 45.4 Å². The number of anilines is 1. The number of para-hydroxylation sites is 1. The van der Waals surface area contributed by atoms with Gasteiger partial charge in [-0.15, -0.1) is 0 Å². The molecular weight excluding hydrogens is 434 g/mol. The minimum atomic E-state index is -0.247. The second kappa shape index (κ2) is 8.08. The Bertz CT molecular complexity index is 1400. The Morgan fingerprint density at radius 2 is 1.94 bits per heavy atom. The lowest BCUT2D eigenvalue weighted by atomic mass is 10.2. The van der Waals surface area contributed by atoms with Crippen LogP contribution in [0.2, 0.25) is 5.02 Å². The Morgan fingerprint density at radius 3 is 2.78 bits per heavy atom. The summed E-state index contributed by atoms with van der Waals surface area (Å²) >= 11 is 6.09. The molecule has 0 spiro atoms. The molecule has 5 rings (SSSR count). The number of fused-ring (bicyclic) bond motifs is 2. The summed E-state index contributed by atoms with van der Waals surface area (Å²) in [5.41, 5.74) is 1.03. The van der Waals surface area contributed by atoms with Crippen molar-refractivity contribution in [2.24, 2.45) is 0 Å². The van der Waals surface area contributed by atoms with Gasteiger partial charge >= 0.3 is 0 Å². The van der Waals surface area contributed by atoms with Crippen LogP contribution in [0.15, 0.2) is 51.8 Å². The minimum absolute atomic E-state index is 0.0635. The van der Waals surface area contributed by atoms with E-state index in [-0.39, 0.29) is 37.1 Å². The Hall–Kier alpha value is -3.72. The minimum Gasteiger partial charge on any atom is -0.482 e. The van der Waals surface area contributed by atoms with Crippen molar-refractivity contribution in [1.82, 2.24) is 19.7 Å². The molecule has 4 aromatic rings. The lowest BCUT2D eigenvalue weighted by Crippen LogP contribution is -2.38. The highest BCUT2D eigenvalue weighted by Gasteiger charge is 2.27. The maximum absolute atomic E-state index is 13.0. The van der Waals surface area contributed by atoms with E-state index in [4.69, 9.17) is 20.9 Å². The monoisotopic (exact) mass is 451 g/mol. The highest BCUT2D eigenvalue weighted by Crippen LogP contribution is 2.35. The molecule has 1 aliphatic heterocycles. The molecule has 0 N–H and O–H groups in total.